The number of hydrogen-bond donors (Lipinski definition) is 1. The van der Waals surface area contributed by atoms with E-state index >= 15 is 0 Å². The molecule has 3 rings (SSSR count). The summed E-state index contributed by atoms with van der Waals surface area (Å²) in [5, 5.41) is 1.79. The fraction of sp³-hybridized carbons (Fsp3) is 0.222. The van der Waals surface area contributed by atoms with Gasteiger partial charge in [0.15, 0.2) is 5.58 Å². The predicted molar refractivity (Wildman–Crippen MR) is 88.2 cm³/mol. The number of carbonyl (C=O) groups is 1. The van der Waals surface area contributed by atoms with E-state index in [0.29, 0.717) is 22.9 Å². The zero-order valence-corrected chi connectivity index (χ0v) is 13.5. The van der Waals surface area contributed by atoms with E-state index in [0.717, 1.165) is 5.56 Å². The Balaban J connectivity index is 1.88. The van der Waals surface area contributed by atoms with Crippen molar-refractivity contribution in [1.29, 1.82) is 0 Å². The number of hydrogen-bond acceptors (Lipinski definition) is 3. The average Bonchev–Trinajstić information content (AvgIpc) is 2.97. The fourth-order valence-corrected chi connectivity index (χ4v) is 2.34. The summed E-state index contributed by atoms with van der Waals surface area (Å²) >= 11 is 0. The molecule has 3 aromatic rings. The first-order chi connectivity index (χ1) is 11.7. The van der Waals surface area contributed by atoms with Crippen LogP contribution in [0.15, 0.2) is 46.9 Å². The molecule has 0 spiro atoms. The molecule has 1 N–H and O–H groups in total. The SMILES string of the molecule is CC(C)c1ccc(-c2nc3ccc(NC(=O)C(F)(F)F)cc3o2)cc1. The normalized spacial score (nSPS) is 11.9. The van der Waals surface area contributed by atoms with Gasteiger partial charge in [-0.3, -0.25) is 4.79 Å². The first-order valence-electron chi connectivity index (χ1n) is 7.63. The highest BCUT2D eigenvalue weighted by molar-refractivity contribution is 5.96. The second-order valence-corrected chi connectivity index (χ2v) is 5.93. The highest BCUT2D eigenvalue weighted by Gasteiger charge is 2.38. The first-order valence-corrected chi connectivity index (χ1v) is 7.63. The maximum atomic E-state index is 12.3. The van der Waals surface area contributed by atoms with Crippen LogP contribution >= 0.6 is 0 Å². The molecule has 7 heteroatoms. The van der Waals surface area contributed by atoms with E-state index in [1.165, 1.54) is 23.8 Å². The number of halogens is 3. The van der Waals surface area contributed by atoms with Crippen LogP contribution in [0.1, 0.15) is 25.3 Å². The highest BCUT2D eigenvalue weighted by atomic mass is 19.4. The van der Waals surface area contributed by atoms with Crippen molar-refractivity contribution in [3.8, 4) is 11.5 Å². The van der Waals surface area contributed by atoms with E-state index in [-0.39, 0.29) is 5.69 Å². The minimum absolute atomic E-state index is 0.00678. The van der Waals surface area contributed by atoms with Gasteiger partial charge in [0.25, 0.3) is 0 Å². The van der Waals surface area contributed by atoms with Crippen molar-refractivity contribution in [3.63, 3.8) is 0 Å². The predicted octanol–water partition coefficient (Wildman–Crippen LogP) is 5.12. The Morgan fingerprint density at radius 2 is 1.80 bits per heavy atom. The molecule has 0 bridgehead atoms. The third kappa shape index (κ3) is 3.65. The molecule has 1 amide bonds. The number of benzene rings is 2. The number of nitrogens with zero attached hydrogens (tertiary/aromatic N) is 1. The van der Waals surface area contributed by atoms with Gasteiger partial charge in [0.05, 0.1) is 0 Å². The van der Waals surface area contributed by atoms with Crippen molar-refractivity contribution in [2.24, 2.45) is 0 Å². The highest BCUT2D eigenvalue weighted by Crippen LogP contribution is 2.28. The van der Waals surface area contributed by atoms with Crippen molar-refractivity contribution in [2.45, 2.75) is 25.9 Å². The minimum Gasteiger partial charge on any atom is -0.436 e. The van der Waals surface area contributed by atoms with Crippen molar-refractivity contribution >= 4 is 22.7 Å². The fourth-order valence-electron chi connectivity index (χ4n) is 2.34. The summed E-state index contributed by atoms with van der Waals surface area (Å²) in [5.41, 5.74) is 2.72. The number of amides is 1. The Labute approximate surface area is 141 Å². The van der Waals surface area contributed by atoms with Crippen LogP contribution in [0, 0.1) is 0 Å². The molecule has 1 aromatic heterocycles. The van der Waals surface area contributed by atoms with E-state index in [9.17, 15) is 18.0 Å². The van der Waals surface area contributed by atoms with Crippen LogP contribution in [0.3, 0.4) is 0 Å². The van der Waals surface area contributed by atoms with Crippen LogP contribution < -0.4 is 5.32 Å². The molecule has 130 valence electrons. The van der Waals surface area contributed by atoms with Gasteiger partial charge in [0.1, 0.15) is 5.52 Å². The van der Waals surface area contributed by atoms with Crippen molar-refractivity contribution in [1.82, 2.24) is 4.98 Å². The Bertz CT molecular complexity index is 912. The number of rotatable bonds is 3. The van der Waals surface area contributed by atoms with Gasteiger partial charge in [0, 0.05) is 17.3 Å². The lowest BCUT2D eigenvalue weighted by atomic mass is 10.0. The van der Waals surface area contributed by atoms with Crippen LogP contribution in [-0.4, -0.2) is 17.1 Å². The minimum atomic E-state index is -4.94. The molecule has 25 heavy (non-hydrogen) atoms. The second-order valence-electron chi connectivity index (χ2n) is 5.93. The number of oxazole rings is 1. The van der Waals surface area contributed by atoms with Crippen molar-refractivity contribution < 1.29 is 22.4 Å². The van der Waals surface area contributed by atoms with E-state index in [4.69, 9.17) is 4.42 Å². The lowest BCUT2D eigenvalue weighted by Crippen LogP contribution is -2.29. The first kappa shape index (κ1) is 17.0. The molecule has 0 unspecified atom stereocenters. The van der Waals surface area contributed by atoms with Crippen LogP contribution in [0.5, 0.6) is 0 Å². The van der Waals surface area contributed by atoms with Crippen LogP contribution in [0.4, 0.5) is 18.9 Å². The zero-order chi connectivity index (χ0) is 18.2. The lowest BCUT2D eigenvalue weighted by molar-refractivity contribution is -0.167. The number of carbonyl (C=O) groups excluding carboxylic acids is 1. The number of anilines is 1. The number of aromatic nitrogens is 1. The summed E-state index contributed by atoms with van der Waals surface area (Å²) < 4.78 is 42.6. The summed E-state index contributed by atoms with van der Waals surface area (Å²) in [6.07, 6.45) is -4.94. The van der Waals surface area contributed by atoms with Gasteiger partial charge in [-0.2, -0.15) is 13.2 Å². The zero-order valence-electron chi connectivity index (χ0n) is 13.5. The molecule has 0 fully saturated rings. The van der Waals surface area contributed by atoms with E-state index in [2.05, 4.69) is 18.8 Å². The van der Waals surface area contributed by atoms with Gasteiger partial charge in [-0.25, -0.2) is 4.98 Å². The Hall–Kier alpha value is -2.83. The largest absolute Gasteiger partial charge is 0.471 e. The van der Waals surface area contributed by atoms with Crippen molar-refractivity contribution in [2.75, 3.05) is 5.32 Å². The standard InChI is InChI=1S/C18H15F3N2O2/c1-10(2)11-3-5-12(6-4-11)16-23-14-8-7-13(9-15(14)25-16)22-17(24)18(19,20)21/h3-10H,1-2H3,(H,22,24). The van der Waals surface area contributed by atoms with Gasteiger partial charge in [0.2, 0.25) is 5.89 Å². The van der Waals surface area contributed by atoms with Crippen molar-refractivity contribution in [3.05, 3.63) is 48.0 Å². The number of fused-ring (bicyclic) bond motifs is 1. The third-order valence-corrected chi connectivity index (χ3v) is 3.73. The molecule has 1 heterocycles. The number of alkyl halides is 3. The molecular weight excluding hydrogens is 333 g/mol. The quantitative estimate of drug-likeness (QED) is 0.715. The molecule has 0 saturated carbocycles. The third-order valence-electron chi connectivity index (χ3n) is 3.73. The molecular formula is C18H15F3N2O2. The Morgan fingerprint density at radius 1 is 1.12 bits per heavy atom. The number of nitrogens with one attached hydrogen (secondary N) is 1. The summed E-state index contributed by atoms with van der Waals surface area (Å²) in [6.45, 7) is 4.18. The van der Waals surface area contributed by atoms with Crippen LogP contribution in [-0.2, 0) is 4.79 Å². The monoisotopic (exact) mass is 348 g/mol. The van der Waals surface area contributed by atoms with Crippen LogP contribution in [0.25, 0.3) is 22.6 Å². The average molecular weight is 348 g/mol. The van der Waals surface area contributed by atoms with E-state index in [1.807, 2.05) is 24.3 Å². The van der Waals surface area contributed by atoms with Gasteiger partial charge < -0.3 is 9.73 Å². The summed E-state index contributed by atoms with van der Waals surface area (Å²) in [6, 6.07) is 11.9. The van der Waals surface area contributed by atoms with Gasteiger partial charge in [-0.1, -0.05) is 26.0 Å². The molecule has 0 atom stereocenters. The Morgan fingerprint density at radius 3 is 2.40 bits per heavy atom. The van der Waals surface area contributed by atoms with E-state index in [1.54, 1.807) is 5.32 Å². The molecule has 0 aliphatic rings. The molecule has 0 aliphatic heterocycles. The van der Waals surface area contributed by atoms with E-state index < -0.39 is 12.1 Å². The van der Waals surface area contributed by atoms with Gasteiger partial charge in [-0.15, -0.1) is 0 Å². The van der Waals surface area contributed by atoms with Crippen LogP contribution in [0.2, 0.25) is 0 Å². The maximum absolute atomic E-state index is 12.3. The summed E-state index contributed by atoms with van der Waals surface area (Å²) in [4.78, 5) is 15.3. The topological polar surface area (TPSA) is 55.1 Å². The Kier molecular flexibility index (Phi) is 4.24. The molecule has 0 aliphatic carbocycles. The smallest absolute Gasteiger partial charge is 0.436 e. The lowest BCUT2D eigenvalue weighted by Gasteiger charge is -2.07. The molecule has 0 saturated heterocycles. The molecule has 0 radical (unpaired) electrons. The molecule has 4 nitrogen and oxygen atoms in total. The summed E-state index contributed by atoms with van der Waals surface area (Å²) in [7, 11) is 0. The van der Waals surface area contributed by atoms with Gasteiger partial charge in [-0.05, 0) is 35.7 Å². The second kappa shape index (κ2) is 6.23. The van der Waals surface area contributed by atoms with Gasteiger partial charge >= 0.3 is 12.1 Å². The summed E-state index contributed by atoms with van der Waals surface area (Å²) in [5.74, 6) is -1.27. The maximum Gasteiger partial charge on any atom is 0.471 e. The molecule has 2 aromatic carbocycles.